The third-order valence-corrected chi connectivity index (χ3v) is 10.2. The molecule has 9 nitrogen and oxygen atoms in total. The molecule has 0 aliphatic heterocycles. The van der Waals surface area contributed by atoms with Crippen molar-refractivity contribution in [1.82, 2.24) is 0 Å². The number of hydrogen-bond acceptors (Lipinski definition) is 7. The summed E-state index contributed by atoms with van der Waals surface area (Å²) in [5.41, 5.74) is 0. The van der Waals surface area contributed by atoms with Crippen LogP contribution in [-0.4, -0.2) is 74.9 Å². The summed E-state index contributed by atoms with van der Waals surface area (Å²) < 4.78 is 34.3. The zero-order chi connectivity index (χ0) is 42.8. The number of unbranched alkanes of at least 4 members (excludes halogenated alkanes) is 14. The number of allylic oxidation sites excluding steroid dienone is 12. The molecule has 0 aromatic carbocycles. The highest BCUT2D eigenvalue weighted by atomic mass is 31.2. The Kier molecular flexibility index (Phi) is 38.1. The monoisotopic (exact) mass is 835 g/mol. The smallest absolute Gasteiger partial charge is 0.462 e. The van der Waals surface area contributed by atoms with Crippen molar-refractivity contribution >= 4 is 19.8 Å². The van der Waals surface area contributed by atoms with Gasteiger partial charge in [-0.3, -0.25) is 18.6 Å². The lowest BCUT2D eigenvalue weighted by Crippen LogP contribution is -2.37. The minimum atomic E-state index is -4.39. The molecule has 334 valence electrons. The summed E-state index contributed by atoms with van der Waals surface area (Å²) >= 11 is 0. The van der Waals surface area contributed by atoms with E-state index in [1.165, 1.54) is 57.8 Å². The van der Waals surface area contributed by atoms with Gasteiger partial charge in [0.05, 0.1) is 27.7 Å². The van der Waals surface area contributed by atoms with E-state index in [9.17, 15) is 19.0 Å². The Bertz CT molecular complexity index is 1220. The van der Waals surface area contributed by atoms with E-state index in [1.54, 1.807) is 0 Å². The molecule has 0 aliphatic rings. The van der Waals surface area contributed by atoms with E-state index in [-0.39, 0.29) is 26.1 Å². The Morgan fingerprint density at radius 1 is 0.552 bits per heavy atom. The number of rotatable bonds is 40. The van der Waals surface area contributed by atoms with E-state index in [4.69, 9.17) is 18.5 Å². The lowest BCUT2D eigenvalue weighted by atomic mass is 10.1. The van der Waals surface area contributed by atoms with Gasteiger partial charge in [0.2, 0.25) is 0 Å². The van der Waals surface area contributed by atoms with Crippen LogP contribution < -0.4 is 0 Å². The first-order valence-electron chi connectivity index (χ1n) is 22.7. The fourth-order valence-electron chi connectivity index (χ4n) is 5.68. The van der Waals surface area contributed by atoms with Crippen molar-refractivity contribution in [2.45, 2.75) is 174 Å². The van der Waals surface area contributed by atoms with Gasteiger partial charge in [0.15, 0.2) is 6.10 Å². The summed E-state index contributed by atoms with van der Waals surface area (Å²) in [6.07, 6.45) is 49.5. The summed E-state index contributed by atoms with van der Waals surface area (Å²) in [6.45, 7) is 4.23. The van der Waals surface area contributed by atoms with Gasteiger partial charge in [0.1, 0.15) is 19.8 Å². The number of hydrogen-bond donors (Lipinski definition) is 1. The van der Waals surface area contributed by atoms with Gasteiger partial charge in [0, 0.05) is 12.8 Å². The number of phosphoric acid groups is 1. The first-order chi connectivity index (χ1) is 28.0. The number of quaternary nitrogens is 1. The molecule has 0 aliphatic carbocycles. The van der Waals surface area contributed by atoms with Gasteiger partial charge in [-0.2, -0.15) is 0 Å². The molecule has 0 aromatic rings. The van der Waals surface area contributed by atoms with Crippen molar-refractivity contribution < 1.29 is 42.1 Å². The van der Waals surface area contributed by atoms with Crippen molar-refractivity contribution in [3.05, 3.63) is 72.9 Å². The number of ether oxygens (including phenoxy) is 2. The molecule has 0 aromatic heterocycles. The average molecular weight is 835 g/mol. The second-order valence-electron chi connectivity index (χ2n) is 16.0. The van der Waals surface area contributed by atoms with Crippen molar-refractivity contribution in [1.29, 1.82) is 0 Å². The predicted octanol–water partition coefficient (Wildman–Crippen LogP) is 13.0. The first kappa shape index (κ1) is 55.5. The molecule has 1 N–H and O–H groups in total. The Morgan fingerprint density at radius 3 is 1.52 bits per heavy atom. The molecule has 0 fully saturated rings. The number of carbonyl (C=O) groups excluding carboxylic acids is 2. The minimum absolute atomic E-state index is 0.0193. The quantitative estimate of drug-likeness (QED) is 0.0214. The largest absolute Gasteiger partial charge is 0.472 e. The molecule has 0 radical (unpaired) electrons. The van der Waals surface area contributed by atoms with Crippen LogP contribution in [0.15, 0.2) is 72.9 Å². The normalized spacial score (nSPS) is 14.2. The third kappa shape index (κ3) is 43.0. The lowest BCUT2D eigenvalue weighted by molar-refractivity contribution is -0.870. The topological polar surface area (TPSA) is 108 Å². The Labute approximate surface area is 355 Å². The molecule has 0 spiro atoms. The highest BCUT2D eigenvalue weighted by Crippen LogP contribution is 2.43. The highest BCUT2D eigenvalue weighted by Gasteiger charge is 2.27. The van der Waals surface area contributed by atoms with Gasteiger partial charge in [0.25, 0.3) is 0 Å². The third-order valence-electron chi connectivity index (χ3n) is 9.22. The number of phosphoric ester groups is 1. The summed E-state index contributed by atoms with van der Waals surface area (Å²) in [6, 6.07) is 0. The van der Waals surface area contributed by atoms with Crippen LogP contribution in [0.2, 0.25) is 0 Å². The number of nitrogens with zero attached hydrogens (tertiary/aromatic N) is 1. The van der Waals surface area contributed by atoms with Crippen molar-refractivity contribution in [3.63, 3.8) is 0 Å². The van der Waals surface area contributed by atoms with Crippen LogP contribution in [0.25, 0.3) is 0 Å². The van der Waals surface area contributed by atoms with Crippen LogP contribution in [0, 0.1) is 0 Å². The van der Waals surface area contributed by atoms with Crippen LogP contribution in [-0.2, 0) is 32.7 Å². The summed E-state index contributed by atoms with van der Waals surface area (Å²) in [7, 11) is 1.43. The van der Waals surface area contributed by atoms with Crippen LogP contribution in [0.1, 0.15) is 168 Å². The summed E-state index contributed by atoms with van der Waals surface area (Å²) in [5, 5.41) is 0. The van der Waals surface area contributed by atoms with E-state index < -0.39 is 32.5 Å². The summed E-state index contributed by atoms with van der Waals surface area (Å²) in [4.78, 5) is 35.4. The zero-order valence-electron chi connectivity index (χ0n) is 37.5. The maximum absolute atomic E-state index is 12.7. The zero-order valence-corrected chi connectivity index (χ0v) is 38.4. The van der Waals surface area contributed by atoms with Crippen molar-refractivity contribution in [2.24, 2.45) is 0 Å². The van der Waals surface area contributed by atoms with Crippen molar-refractivity contribution in [3.8, 4) is 0 Å². The van der Waals surface area contributed by atoms with E-state index in [2.05, 4.69) is 86.8 Å². The van der Waals surface area contributed by atoms with Crippen molar-refractivity contribution in [2.75, 3.05) is 47.5 Å². The Balaban J connectivity index is 4.44. The Morgan fingerprint density at radius 2 is 0.983 bits per heavy atom. The molecule has 0 rings (SSSR count). The van der Waals surface area contributed by atoms with Gasteiger partial charge >= 0.3 is 19.8 Å². The predicted molar refractivity (Wildman–Crippen MR) is 242 cm³/mol. The van der Waals surface area contributed by atoms with E-state index >= 15 is 0 Å². The molecular weight excluding hydrogens is 750 g/mol. The van der Waals surface area contributed by atoms with Gasteiger partial charge < -0.3 is 18.9 Å². The van der Waals surface area contributed by atoms with Crippen LogP contribution in [0.5, 0.6) is 0 Å². The minimum Gasteiger partial charge on any atom is -0.462 e. The van der Waals surface area contributed by atoms with Crippen LogP contribution in [0.4, 0.5) is 0 Å². The molecule has 10 heteroatoms. The lowest BCUT2D eigenvalue weighted by Gasteiger charge is -2.24. The van der Waals surface area contributed by atoms with Crippen LogP contribution >= 0.6 is 7.82 Å². The maximum Gasteiger partial charge on any atom is 0.472 e. The van der Waals surface area contributed by atoms with Gasteiger partial charge in [-0.1, -0.05) is 145 Å². The SMILES string of the molecule is CC/C=C/C/C=C/C/C=C/C/C=C/C/C=C/CCCCCC(=O)OC[C@H](COP(=O)(O)OCC[N+](C)(C)C)OC(=O)CCCC/C=C/CCCCCCCCCCC. The number of esters is 2. The molecule has 0 saturated heterocycles. The Hall–Kier alpha value is -2.55. The highest BCUT2D eigenvalue weighted by molar-refractivity contribution is 7.47. The van der Waals surface area contributed by atoms with Gasteiger partial charge in [-0.25, -0.2) is 4.57 Å². The molecule has 0 saturated carbocycles. The number of likely N-dealkylation sites (N-methyl/N-ethyl adjacent to an activating group) is 1. The van der Waals surface area contributed by atoms with E-state index in [0.717, 1.165) is 70.6 Å². The average Bonchev–Trinajstić information content (AvgIpc) is 3.17. The van der Waals surface area contributed by atoms with E-state index in [1.807, 2.05) is 21.1 Å². The first-order valence-corrected chi connectivity index (χ1v) is 24.2. The molecule has 58 heavy (non-hydrogen) atoms. The molecule has 2 atom stereocenters. The van der Waals surface area contributed by atoms with E-state index in [0.29, 0.717) is 23.9 Å². The fraction of sp³-hybridized carbons (Fsp3) is 0.708. The van der Waals surface area contributed by atoms with Gasteiger partial charge in [-0.15, -0.1) is 0 Å². The number of carbonyl (C=O) groups is 2. The summed E-state index contributed by atoms with van der Waals surface area (Å²) in [5.74, 6) is -0.867. The molecule has 0 amide bonds. The molecule has 0 heterocycles. The maximum atomic E-state index is 12.7. The van der Waals surface area contributed by atoms with Crippen LogP contribution in [0.3, 0.4) is 0 Å². The standard InChI is InChI=1S/C48H84NO8P/c1-6-8-10-12-14-16-18-20-22-23-24-25-27-28-30-32-34-36-38-40-47(50)54-44-46(45-56-58(52,53)55-43-42-49(3,4)5)57-48(51)41-39-37-35-33-31-29-26-21-19-17-15-13-11-9-7-2/h8,10,14,16,20,22,24-25,28,30-31,33,46H,6-7,9,11-13,15,17-19,21,23,26-27,29,32,34-45H2,1-5H3/p+1/b10-8+,16-14+,22-20+,25-24+,30-28+,33-31+/t46-/m1/s1. The second kappa shape index (κ2) is 39.9. The van der Waals surface area contributed by atoms with Gasteiger partial charge in [-0.05, 0) is 83.5 Å². The molecule has 0 bridgehead atoms. The molecule has 1 unspecified atom stereocenters. The molecular formula is C48H85NO8P+. The second-order valence-corrected chi connectivity index (χ2v) is 17.5. The fourth-order valence-corrected chi connectivity index (χ4v) is 6.42.